The number of hydrogen-bond donors (Lipinski definition) is 0. The first-order chi connectivity index (χ1) is 11.8. The molecule has 0 bridgehead atoms. The first kappa shape index (κ1) is 13.7. The minimum absolute atomic E-state index is 0.0704. The number of nitrogens with zero attached hydrogens (tertiary/aromatic N) is 5. The molecule has 1 atom stereocenters. The molecule has 0 radical (unpaired) electrons. The van der Waals surface area contributed by atoms with E-state index in [0.29, 0.717) is 24.0 Å². The fourth-order valence-corrected chi connectivity index (χ4v) is 3.34. The fourth-order valence-electron chi connectivity index (χ4n) is 3.34. The molecule has 0 N–H and O–H groups in total. The SMILES string of the molecule is O=C(c1cn2ccccc2n1)N1CCC[C@H]1c1noc(C2CC2)n1. The monoisotopic (exact) mass is 323 g/mol. The number of pyridine rings is 1. The van der Waals surface area contributed by atoms with Crippen molar-refractivity contribution in [2.75, 3.05) is 6.54 Å². The van der Waals surface area contributed by atoms with Crippen molar-refractivity contribution < 1.29 is 9.32 Å². The summed E-state index contributed by atoms with van der Waals surface area (Å²) in [6.45, 7) is 0.699. The van der Waals surface area contributed by atoms with Gasteiger partial charge in [0.05, 0.1) is 6.04 Å². The summed E-state index contributed by atoms with van der Waals surface area (Å²) in [5.74, 6) is 1.71. The molecule has 2 aliphatic rings. The van der Waals surface area contributed by atoms with Crippen molar-refractivity contribution in [2.24, 2.45) is 0 Å². The van der Waals surface area contributed by atoms with Gasteiger partial charge in [-0.15, -0.1) is 0 Å². The van der Waals surface area contributed by atoms with Crippen LogP contribution < -0.4 is 0 Å². The van der Waals surface area contributed by atoms with E-state index in [1.807, 2.05) is 33.7 Å². The zero-order chi connectivity index (χ0) is 16.1. The van der Waals surface area contributed by atoms with Crippen molar-refractivity contribution in [3.8, 4) is 0 Å². The lowest BCUT2D eigenvalue weighted by Gasteiger charge is -2.20. The van der Waals surface area contributed by atoms with E-state index in [9.17, 15) is 4.79 Å². The van der Waals surface area contributed by atoms with Gasteiger partial charge in [-0.1, -0.05) is 11.2 Å². The second kappa shape index (κ2) is 5.15. The Balaban J connectivity index is 1.44. The van der Waals surface area contributed by atoms with Crippen molar-refractivity contribution in [3.05, 3.63) is 48.0 Å². The Bertz CT molecular complexity index is 877. The maximum atomic E-state index is 12.9. The minimum atomic E-state index is -0.112. The highest BCUT2D eigenvalue weighted by Crippen LogP contribution is 2.40. The Labute approximate surface area is 138 Å². The Kier molecular flexibility index (Phi) is 2.95. The molecule has 7 nitrogen and oxygen atoms in total. The third-order valence-corrected chi connectivity index (χ3v) is 4.78. The summed E-state index contributed by atoms with van der Waals surface area (Å²) in [6.07, 6.45) is 7.72. The molecule has 1 aliphatic heterocycles. The first-order valence-electron chi connectivity index (χ1n) is 8.38. The van der Waals surface area contributed by atoms with E-state index in [1.165, 1.54) is 0 Å². The fraction of sp³-hybridized carbons (Fsp3) is 0.412. The van der Waals surface area contributed by atoms with Gasteiger partial charge in [-0.2, -0.15) is 4.98 Å². The lowest BCUT2D eigenvalue weighted by atomic mass is 10.2. The zero-order valence-corrected chi connectivity index (χ0v) is 13.1. The molecule has 2 fully saturated rings. The number of imidazole rings is 1. The summed E-state index contributed by atoms with van der Waals surface area (Å²) in [5, 5.41) is 4.12. The van der Waals surface area contributed by atoms with Gasteiger partial charge < -0.3 is 13.8 Å². The van der Waals surface area contributed by atoms with E-state index in [4.69, 9.17) is 4.52 Å². The van der Waals surface area contributed by atoms with Gasteiger partial charge in [0.1, 0.15) is 11.3 Å². The average molecular weight is 323 g/mol. The van der Waals surface area contributed by atoms with E-state index in [2.05, 4.69) is 15.1 Å². The molecule has 4 heterocycles. The standard InChI is InChI=1S/C17H17N5O2/c23-17(12-10-21-8-2-1-5-14(21)18-12)22-9-3-4-13(22)15-19-16(24-20-15)11-6-7-11/h1-2,5,8,10-11,13H,3-4,6-7,9H2/t13-/m0/s1. The summed E-state index contributed by atoms with van der Waals surface area (Å²) in [5.41, 5.74) is 1.23. The Morgan fingerprint density at radius 1 is 1.21 bits per heavy atom. The molecule has 24 heavy (non-hydrogen) atoms. The summed E-state index contributed by atoms with van der Waals surface area (Å²) in [7, 11) is 0. The van der Waals surface area contributed by atoms with E-state index in [1.54, 1.807) is 6.20 Å². The summed E-state index contributed by atoms with van der Waals surface area (Å²) in [6, 6.07) is 5.60. The number of aromatic nitrogens is 4. The molecule has 1 amide bonds. The number of fused-ring (bicyclic) bond motifs is 1. The number of amides is 1. The van der Waals surface area contributed by atoms with Crippen LogP contribution in [0.25, 0.3) is 5.65 Å². The van der Waals surface area contributed by atoms with Crippen molar-refractivity contribution in [1.29, 1.82) is 0 Å². The van der Waals surface area contributed by atoms with Crippen molar-refractivity contribution >= 4 is 11.6 Å². The number of likely N-dealkylation sites (tertiary alicyclic amines) is 1. The molecule has 0 unspecified atom stereocenters. The van der Waals surface area contributed by atoms with Gasteiger partial charge in [0, 0.05) is 24.9 Å². The van der Waals surface area contributed by atoms with Crippen LogP contribution in [-0.2, 0) is 0 Å². The molecule has 7 heteroatoms. The smallest absolute Gasteiger partial charge is 0.274 e. The third kappa shape index (κ3) is 2.19. The maximum absolute atomic E-state index is 12.9. The van der Waals surface area contributed by atoms with Crippen LogP contribution in [0.5, 0.6) is 0 Å². The van der Waals surface area contributed by atoms with Gasteiger partial charge in [-0.3, -0.25) is 4.79 Å². The minimum Gasteiger partial charge on any atom is -0.339 e. The highest BCUT2D eigenvalue weighted by molar-refractivity contribution is 5.93. The molecule has 0 aromatic carbocycles. The number of carbonyl (C=O) groups excluding carboxylic acids is 1. The van der Waals surface area contributed by atoms with Crippen LogP contribution in [0.15, 0.2) is 35.1 Å². The number of hydrogen-bond acceptors (Lipinski definition) is 5. The van der Waals surface area contributed by atoms with Gasteiger partial charge in [0.2, 0.25) is 5.89 Å². The van der Waals surface area contributed by atoms with Crippen LogP contribution in [0.3, 0.4) is 0 Å². The highest BCUT2D eigenvalue weighted by atomic mass is 16.5. The Morgan fingerprint density at radius 3 is 2.96 bits per heavy atom. The topological polar surface area (TPSA) is 76.5 Å². The summed E-state index contributed by atoms with van der Waals surface area (Å²) < 4.78 is 7.22. The van der Waals surface area contributed by atoms with Crippen LogP contribution >= 0.6 is 0 Å². The van der Waals surface area contributed by atoms with Crippen LogP contribution in [0, 0.1) is 0 Å². The van der Waals surface area contributed by atoms with Gasteiger partial charge in [0.15, 0.2) is 5.82 Å². The molecular formula is C17H17N5O2. The molecule has 122 valence electrons. The van der Waals surface area contributed by atoms with Gasteiger partial charge in [-0.05, 0) is 37.8 Å². The molecule has 5 rings (SSSR count). The number of carbonyl (C=O) groups is 1. The first-order valence-corrected chi connectivity index (χ1v) is 8.38. The van der Waals surface area contributed by atoms with Crippen LogP contribution in [0.2, 0.25) is 0 Å². The van der Waals surface area contributed by atoms with Crippen LogP contribution in [0.1, 0.15) is 59.8 Å². The van der Waals surface area contributed by atoms with E-state index in [-0.39, 0.29) is 11.9 Å². The predicted octanol–water partition coefficient (Wildman–Crippen LogP) is 2.57. The van der Waals surface area contributed by atoms with Gasteiger partial charge in [-0.25, -0.2) is 4.98 Å². The predicted molar refractivity (Wildman–Crippen MR) is 84.5 cm³/mol. The molecule has 0 spiro atoms. The quantitative estimate of drug-likeness (QED) is 0.740. The van der Waals surface area contributed by atoms with Crippen molar-refractivity contribution in [3.63, 3.8) is 0 Å². The second-order valence-electron chi connectivity index (χ2n) is 6.51. The van der Waals surface area contributed by atoms with E-state index < -0.39 is 0 Å². The molecule has 1 saturated heterocycles. The molecule has 1 aliphatic carbocycles. The summed E-state index contributed by atoms with van der Waals surface area (Å²) >= 11 is 0. The zero-order valence-electron chi connectivity index (χ0n) is 13.1. The van der Waals surface area contributed by atoms with Crippen LogP contribution in [0.4, 0.5) is 0 Å². The number of rotatable bonds is 3. The average Bonchev–Trinajstić information content (AvgIpc) is 3.06. The van der Waals surface area contributed by atoms with Gasteiger partial charge >= 0.3 is 0 Å². The second-order valence-corrected chi connectivity index (χ2v) is 6.51. The molecule has 3 aromatic rings. The highest BCUT2D eigenvalue weighted by Gasteiger charge is 2.37. The maximum Gasteiger partial charge on any atom is 0.274 e. The van der Waals surface area contributed by atoms with Crippen molar-refractivity contribution in [2.45, 2.75) is 37.6 Å². The normalized spacial score (nSPS) is 20.8. The lowest BCUT2D eigenvalue weighted by Crippen LogP contribution is -2.31. The largest absolute Gasteiger partial charge is 0.339 e. The molecule has 1 saturated carbocycles. The lowest BCUT2D eigenvalue weighted by molar-refractivity contribution is 0.0723. The van der Waals surface area contributed by atoms with Crippen molar-refractivity contribution in [1.82, 2.24) is 24.4 Å². The molecule has 3 aromatic heterocycles. The summed E-state index contributed by atoms with van der Waals surface area (Å²) in [4.78, 5) is 23.7. The van der Waals surface area contributed by atoms with Crippen LogP contribution in [-0.4, -0.2) is 36.9 Å². The van der Waals surface area contributed by atoms with E-state index in [0.717, 1.165) is 37.2 Å². The van der Waals surface area contributed by atoms with Gasteiger partial charge in [0.25, 0.3) is 5.91 Å². The Hall–Kier alpha value is -2.70. The molecular weight excluding hydrogens is 306 g/mol. The third-order valence-electron chi connectivity index (χ3n) is 4.78. The Morgan fingerprint density at radius 2 is 2.12 bits per heavy atom. The van der Waals surface area contributed by atoms with E-state index >= 15 is 0 Å².